The second-order valence-electron chi connectivity index (χ2n) is 5.34. The Morgan fingerprint density at radius 2 is 1.33 bits per heavy atom. The topological polar surface area (TPSA) is 80.9 Å². The molecule has 0 aliphatic rings. The number of hydrogen-bond donors (Lipinski definition) is 4. The molecule has 0 amide bonds. The van der Waals surface area contributed by atoms with E-state index >= 15 is 0 Å². The van der Waals surface area contributed by atoms with Crippen LogP contribution in [0.1, 0.15) is 63.9 Å². The average Bonchev–Trinajstić information content (AvgIpc) is 2.46. The zero-order chi connectivity index (χ0) is 15.7. The minimum Gasteiger partial charge on any atom is -0.504 e. The summed E-state index contributed by atoms with van der Waals surface area (Å²) in [4.78, 5) is 0. The van der Waals surface area contributed by atoms with Crippen molar-refractivity contribution < 1.29 is 20.4 Å². The number of phenolic OH excluding ortho intramolecular Hbond substituents is 4. The zero-order valence-corrected chi connectivity index (χ0v) is 12.7. The highest BCUT2D eigenvalue weighted by atomic mass is 16.3. The highest BCUT2D eigenvalue weighted by Crippen LogP contribution is 2.42. The largest absolute Gasteiger partial charge is 0.504 e. The Labute approximate surface area is 126 Å². The molecule has 0 aliphatic carbocycles. The van der Waals surface area contributed by atoms with E-state index in [0.717, 1.165) is 25.3 Å². The second kappa shape index (κ2) is 9.16. The summed E-state index contributed by atoms with van der Waals surface area (Å²) in [6.07, 6.45) is 12.8. The van der Waals surface area contributed by atoms with E-state index < -0.39 is 23.0 Å². The third-order valence-corrected chi connectivity index (χ3v) is 3.53. The van der Waals surface area contributed by atoms with E-state index in [9.17, 15) is 20.4 Å². The summed E-state index contributed by atoms with van der Waals surface area (Å²) in [6.45, 7) is 2.20. The smallest absolute Gasteiger partial charge is 0.168 e. The predicted molar refractivity (Wildman–Crippen MR) is 84.7 cm³/mol. The summed E-state index contributed by atoms with van der Waals surface area (Å²) in [5.74, 6) is -1.72. The first-order chi connectivity index (χ1) is 10.1. The van der Waals surface area contributed by atoms with Gasteiger partial charge < -0.3 is 20.4 Å². The number of hydrogen-bond acceptors (Lipinski definition) is 4. The van der Waals surface area contributed by atoms with Gasteiger partial charge in [0.25, 0.3) is 0 Å². The van der Waals surface area contributed by atoms with Gasteiger partial charge in [0.1, 0.15) is 0 Å². The minimum absolute atomic E-state index is 0.0513. The third kappa shape index (κ3) is 5.58. The number of phenols is 4. The molecule has 118 valence electrons. The van der Waals surface area contributed by atoms with Crippen molar-refractivity contribution in [2.24, 2.45) is 0 Å². The molecule has 0 radical (unpaired) electrons. The van der Waals surface area contributed by atoms with Gasteiger partial charge in [-0.25, -0.2) is 0 Å². The van der Waals surface area contributed by atoms with Gasteiger partial charge in [-0.15, -0.1) is 0 Å². The van der Waals surface area contributed by atoms with Gasteiger partial charge >= 0.3 is 0 Å². The Balaban J connectivity index is 2.37. The van der Waals surface area contributed by atoms with Crippen LogP contribution in [0.4, 0.5) is 0 Å². The van der Waals surface area contributed by atoms with E-state index in [1.807, 2.05) is 6.08 Å². The van der Waals surface area contributed by atoms with Gasteiger partial charge in [-0.3, -0.25) is 0 Å². The van der Waals surface area contributed by atoms with Crippen molar-refractivity contribution in [1.82, 2.24) is 0 Å². The van der Waals surface area contributed by atoms with Crippen molar-refractivity contribution in [3.05, 3.63) is 17.7 Å². The number of benzene rings is 1. The molecule has 0 aromatic heterocycles. The van der Waals surface area contributed by atoms with Crippen molar-refractivity contribution in [2.45, 2.75) is 58.3 Å². The average molecular weight is 294 g/mol. The van der Waals surface area contributed by atoms with Gasteiger partial charge in [-0.2, -0.15) is 0 Å². The fraction of sp³-hybridized carbons (Fsp3) is 0.529. The monoisotopic (exact) mass is 294 g/mol. The van der Waals surface area contributed by atoms with Gasteiger partial charge in [0.05, 0.1) is 5.56 Å². The lowest BCUT2D eigenvalue weighted by molar-refractivity contribution is 0.371. The Kier molecular flexibility index (Phi) is 7.51. The summed E-state index contributed by atoms with van der Waals surface area (Å²) in [6, 6.07) is 0.915. The molecular weight excluding hydrogens is 268 g/mol. The summed E-state index contributed by atoms with van der Waals surface area (Å²) < 4.78 is 0. The molecule has 4 nitrogen and oxygen atoms in total. The van der Waals surface area contributed by atoms with Crippen molar-refractivity contribution in [1.29, 1.82) is 0 Å². The summed E-state index contributed by atoms with van der Waals surface area (Å²) in [7, 11) is 0. The Morgan fingerprint density at radius 1 is 0.810 bits per heavy atom. The van der Waals surface area contributed by atoms with Crippen LogP contribution in [-0.4, -0.2) is 20.4 Å². The molecule has 0 saturated heterocycles. The summed E-state index contributed by atoms with van der Waals surface area (Å²) in [5, 5.41) is 38.1. The van der Waals surface area contributed by atoms with Crippen molar-refractivity contribution in [3.63, 3.8) is 0 Å². The molecule has 0 saturated carbocycles. The lowest BCUT2D eigenvalue weighted by Crippen LogP contribution is -1.81. The Hall–Kier alpha value is -1.84. The molecule has 1 aromatic carbocycles. The molecule has 1 aromatic rings. The molecule has 0 unspecified atom stereocenters. The SMILES string of the molecule is CCCCCCCCCC=Cc1c(O)c(O)cc(O)c1O. The van der Waals surface area contributed by atoms with E-state index in [1.54, 1.807) is 0 Å². The van der Waals surface area contributed by atoms with E-state index in [0.29, 0.717) is 0 Å². The first kappa shape index (κ1) is 17.2. The van der Waals surface area contributed by atoms with Gasteiger partial charge in [0.15, 0.2) is 23.0 Å². The second-order valence-corrected chi connectivity index (χ2v) is 5.34. The van der Waals surface area contributed by atoms with Gasteiger partial charge in [-0.05, 0) is 12.8 Å². The number of unbranched alkanes of at least 4 members (excludes halogenated alkanes) is 7. The fourth-order valence-corrected chi connectivity index (χ4v) is 2.23. The summed E-state index contributed by atoms with van der Waals surface area (Å²) in [5.41, 5.74) is 0.0513. The lowest BCUT2D eigenvalue weighted by Gasteiger charge is -2.06. The number of allylic oxidation sites excluding steroid dienone is 1. The van der Waals surface area contributed by atoms with Gasteiger partial charge in [0.2, 0.25) is 0 Å². The molecule has 0 fully saturated rings. The first-order valence-electron chi connectivity index (χ1n) is 7.71. The maximum atomic E-state index is 9.65. The van der Waals surface area contributed by atoms with E-state index in [4.69, 9.17) is 0 Å². The molecule has 0 aliphatic heterocycles. The molecular formula is C17H26O4. The minimum atomic E-state index is -0.444. The van der Waals surface area contributed by atoms with Crippen LogP contribution in [-0.2, 0) is 0 Å². The van der Waals surface area contributed by atoms with Crippen LogP contribution in [0.3, 0.4) is 0 Å². The van der Waals surface area contributed by atoms with Crippen LogP contribution >= 0.6 is 0 Å². The normalized spacial score (nSPS) is 11.3. The van der Waals surface area contributed by atoms with Crippen molar-refractivity contribution in [3.8, 4) is 23.0 Å². The predicted octanol–water partition coefficient (Wildman–Crippen LogP) is 4.66. The van der Waals surface area contributed by atoms with Crippen molar-refractivity contribution in [2.75, 3.05) is 0 Å². The first-order valence-corrected chi connectivity index (χ1v) is 7.71. The highest BCUT2D eigenvalue weighted by Gasteiger charge is 2.13. The Bertz CT molecular complexity index is 440. The molecule has 4 N–H and O–H groups in total. The van der Waals surface area contributed by atoms with Crippen LogP contribution in [0.15, 0.2) is 12.1 Å². The van der Waals surface area contributed by atoms with E-state index in [-0.39, 0.29) is 5.56 Å². The number of aromatic hydroxyl groups is 4. The maximum absolute atomic E-state index is 9.65. The van der Waals surface area contributed by atoms with Gasteiger partial charge in [-0.1, -0.05) is 57.6 Å². The molecule has 0 spiro atoms. The number of rotatable bonds is 9. The quantitative estimate of drug-likeness (QED) is 0.303. The molecule has 4 heteroatoms. The standard InChI is InChI=1S/C17H26O4/c1-2-3-4-5-6-7-8-9-10-11-13-16(20)14(18)12-15(19)17(13)21/h10-12,18-21H,2-9H2,1H3. The Morgan fingerprint density at radius 3 is 1.90 bits per heavy atom. The molecule has 21 heavy (non-hydrogen) atoms. The van der Waals surface area contributed by atoms with Crippen LogP contribution in [0.25, 0.3) is 6.08 Å². The van der Waals surface area contributed by atoms with Gasteiger partial charge in [0, 0.05) is 6.07 Å². The fourth-order valence-electron chi connectivity index (χ4n) is 2.23. The third-order valence-electron chi connectivity index (χ3n) is 3.53. The molecule has 0 atom stereocenters. The lowest BCUT2D eigenvalue weighted by atomic mass is 10.1. The van der Waals surface area contributed by atoms with Crippen LogP contribution < -0.4 is 0 Å². The van der Waals surface area contributed by atoms with Crippen LogP contribution in [0, 0.1) is 0 Å². The maximum Gasteiger partial charge on any atom is 0.168 e. The van der Waals surface area contributed by atoms with E-state index in [2.05, 4.69) is 6.92 Å². The zero-order valence-electron chi connectivity index (χ0n) is 12.7. The van der Waals surface area contributed by atoms with Crippen LogP contribution in [0.2, 0.25) is 0 Å². The van der Waals surface area contributed by atoms with Crippen LogP contribution in [0.5, 0.6) is 23.0 Å². The summed E-state index contributed by atoms with van der Waals surface area (Å²) >= 11 is 0. The molecule has 0 bridgehead atoms. The van der Waals surface area contributed by atoms with E-state index in [1.165, 1.54) is 38.2 Å². The highest BCUT2D eigenvalue weighted by molar-refractivity contribution is 5.71. The van der Waals surface area contributed by atoms with Crippen molar-refractivity contribution >= 4 is 6.08 Å². The molecule has 1 rings (SSSR count). The molecule has 0 heterocycles.